The fraction of sp³-hybridized carbons (Fsp3) is 0.105. The molecule has 0 unspecified atom stereocenters. The van der Waals surface area contributed by atoms with E-state index in [4.69, 9.17) is 21.6 Å². The average molecular weight is 318 g/mol. The second kappa shape index (κ2) is 6.28. The van der Waals surface area contributed by atoms with Gasteiger partial charge in [0.2, 0.25) is 5.88 Å². The van der Waals surface area contributed by atoms with Crippen molar-refractivity contribution in [1.82, 2.24) is 0 Å². The molecule has 0 spiro atoms. The van der Waals surface area contributed by atoms with Gasteiger partial charge in [0, 0.05) is 11.6 Å². The summed E-state index contributed by atoms with van der Waals surface area (Å²) in [7, 11) is 0. The van der Waals surface area contributed by atoms with Gasteiger partial charge in [0.05, 0.1) is 5.92 Å². The lowest BCUT2D eigenvalue weighted by Crippen LogP contribution is -2.20. The first-order chi connectivity index (χ1) is 11.6. The van der Waals surface area contributed by atoms with Crippen LogP contribution >= 0.6 is 0 Å². The second-order valence-electron chi connectivity index (χ2n) is 5.21. The van der Waals surface area contributed by atoms with Crippen LogP contribution in [0.1, 0.15) is 17.0 Å². The molecule has 0 radical (unpaired) electrons. The number of phenols is 1. The van der Waals surface area contributed by atoms with Gasteiger partial charge in [-0.2, -0.15) is 5.26 Å². The zero-order valence-electron chi connectivity index (χ0n) is 12.7. The molecule has 0 saturated carbocycles. The Balaban J connectivity index is 2.05. The topological polar surface area (TPSA) is 88.5 Å². The van der Waals surface area contributed by atoms with Gasteiger partial charge in [-0.1, -0.05) is 24.1 Å². The molecule has 0 amide bonds. The molecule has 1 aliphatic rings. The second-order valence-corrected chi connectivity index (χ2v) is 5.21. The van der Waals surface area contributed by atoms with Crippen molar-refractivity contribution in [3.05, 3.63) is 65.0 Å². The van der Waals surface area contributed by atoms with E-state index in [1.165, 1.54) is 6.07 Å². The van der Waals surface area contributed by atoms with E-state index in [-0.39, 0.29) is 24.2 Å². The molecular weight excluding hydrogens is 304 g/mol. The largest absolute Gasteiger partial charge is 0.508 e. The molecule has 0 aliphatic carbocycles. The summed E-state index contributed by atoms with van der Waals surface area (Å²) >= 11 is 0. The maximum atomic E-state index is 9.64. The molecule has 0 fully saturated rings. The molecule has 5 heteroatoms. The number of nitriles is 1. The van der Waals surface area contributed by atoms with Gasteiger partial charge in [0.1, 0.15) is 35.5 Å². The molecule has 5 nitrogen and oxygen atoms in total. The van der Waals surface area contributed by atoms with Crippen molar-refractivity contribution in [2.24, 2.45) is 5.73 Å². The lowest BCUT2D eigenvalue weighted by molar-refractivity contribution is 0.370. The van der Waals surface area contributed by atoms with Gasteiger partial charge >= 0.3 is 0 Å². The van der Waals surface area contributed by atoms with Crippen LogP contribution in [0, 0.1) is 23.7 Å². The molecule has 24 heavy (non-hydrogen) atoms. The lowest BCUT2D eigenvalue weighted by Gasteiger charge is -2.26. The highest BCUT2D eigenvalue weighted by molar-refractivity contribution is 5.57. The van der Waals surface area contributed by atoms with Crippen LogP contribution in [-0.2, 0) is 0 Å². The molecule has 0 saturated heterocycles. The van der Waals surface area contributed by atoms with Gasteiger partial charge < -0.3 is 20.3 Å². The van der Waals surface area contributed by atoms with Crippen molar-refractivity contribution in [2.75, 3.05) is 6.61 Å². The van der Waals surface area contributed by atoms with Gasteiger partial charge in [-0.15, -0.1) is 6.42 Å². The third-order valence-electron chi connectivity index (χ3n) is 3.74. The Morgan fingerprint density at radius 1 is 1.25 bits per heavy atom. The van der Waals surface area contributed by atoms with E-state index in [0.29, 0.717) is 17.1 Å². The molecule has 3 rings (SSSR count). The first-order valence-electron chi connectivity index (χ1n) is 7.20. The van der Waals surface area contributed by atoms with Gasteiger partial charge in [0.25, 0.3) is 0 Å². The predicted octanol–water partition coefficient (Wildman–Crippen LogP) is 2.62. The Morgan fingerprint density at radius 3 is 2.67 bits per heavy atom. The minimum absolute atomic E-state index is 0.0354. The number of hydrogen-bond donors (Lipinski definition) is 2. The van der Waals surface area contributed by atoms with E-state index in [1.807, 2.05) is 12.1 Å². The van der Waals surface area contributed by atoms with Crippen molar-refractivity contribution in [3.63, 3.8) is 0 Å². The Morgan fingerprint density at radius 2 is 2.00 bits per heavy atom. The van der Waals surface area contributed by atoms with E-state index in [0.717, 1.165) is 11.1 Å². The van der Waals surface area contributed by atoms with Gasteiger partial charge in [-0.25, -0.2) is 0 Å². The summed E-state index contributed by atoms with van der Waals surface area (Å²) in [5.74, 6) is 3.21. The predicted molar refractivity (Wildman–Crippen MR) is 88.2 cm³/mol. The maximum absolute atomic E-state index is 9.64. The molecule has 3 N–H and O–H groups in total. The van der Waals surface area contributed by atoms with Crippen molar-refractivity contribution in [2.45, 2.75) is 5.92 Å². The Bertz CT molecular complexity index is 886. The zero-order chi connectivity index (χ0) is 17.1. The zero-order valence-corrected chi connectivity index (χ0v) is 12.7. The van der Waals surface area contributed by atoms with E-state index >= 15 is 0 Å². The first kappa shape index (κ1) is 15.3. The van der Waals surface area contributed by atoms with E-state index in [2.05, 4.69) is 12.0 Å². The number of rotatable bonds is 3. The molecular formula is C19H14N2O3. The number of benzene rings is 2. The van der Waals surface area contributed by atoms with Crippen LogP contribution in [0.3, 0.4) is 0 Å². The standard InChI is InChI=1S/C19H14N2O3/c1-2-9-23-14-6-3-12(4-7-14)18-15-8-5-13(22)10-17(15)24-19(21)16(18)11-20/h1,3-8,10,18,22H,9,21H2/t18-/m1/s1. The summed E-state index contributed by atoms with van der Waals surface area (Å²) in [5.41, 5.74) is 7.83. The van der Waals surface area contributed by atoms with Crippen LogP contribution in [0.25, 0.3) is 0 Å². The van der Waals surface area contributed by atoms with Crippen molar-refractivity contribution >= 4 is 0 Å². The summed E-state index contributed by atoms with van der Waals surface area (Å²) in [6.07, 6.45) is 5.17. The molecule has 1 atom stereocenters. The molecule has 2 aromatic rings. The number of nitrogens with zero attached hydrogens (tertiary/aromatic N) is 1. The molecule has 118 valence electrons. The molecule has 2 aromatic carbocycles. The lowest BCUT2D eigenvalue weighted by atomic mass is 9.83. The number of terminal acetylenes is 1. The maximum Gasteiger partial charge on any atom is 0.205 e. The van der Waals surface area contributed by atoms with Crippen molar-refractivity contribution < 1.29 is 14.6 Å². The third-order valence-corrected chi connectivity index (χ3v) is 3.74. The molecule has 1 heterocycles. The van der Waals surface area contributed by atoms with Crippen LogP contribution in [0.5, 0.6) is 17.2 Å². The van der Waals surface area contributed by atoms with Gasteiger partial charge in [0.15, 0.2) is 0 Å². The molecule has 0 aromatic heterocycles. The smallest absolute Gasteiger partial charge is 0.205 e. The highest BCUT2D eigenvalue weighted by Gasteiger charge is 2.30. The number of phenolic OH excluding ortho intramolecular Hbond substituents is 1. The number of fused-ring (bicyclic) bond motifs is 1. The highest BCUT2D eigenvalue weighted by Crippen LogP contribution is 2.43. The third kappa shape index (κ3) is 2.71. The molecule has 0 bridgehead atoms. The van der Waals surface area contributed by atoms with E-state index in [9.17, 15) is 10.4 Å². The van der Waals surface area contributed by atoms with Crippen molar-refractivity contribution in [1.29, 1.82) is 5.26 Å². The summed E-state index contributed by atoms with van der Waals surface area (Å²) < 4.78 is 10.8. The Hall–Kier alpha value is -3.57. The summed E-state index contributed by atoms with van der Waals surface area (Å²) in [6.45, 7) is 0.190. The van der Waals surface area contributed by atoms with Crippen LogP contribution in [0.4, 0.5) is 0 Å². The summed E-state index contributed by atoms with van der Waals surface area (Å²) in [6, 6.07) is 14.1. The minimum atomic E-state index is -0.374. The number of hydrogen-bond acceptors (Lipinski definition) is 5. The fourth-order valence-corrected chi connectivity index (χ4v) is 2.67. The SMILES string of the molecule is C#CCOc1ccc([C@H]2C(C#N)=C(N)Oc3cc(O)ccc32)cc1. The van der Waals surface area contributed by atoms with Crippen LogP contribution < -0.4 is 15.2 Å². The number of ether oxygens (including phenoxy) is 2. The summed E-state index contributed by atoms with van der Waals surface area (Å²) in [4.78, 5) is 0. The van der Waals surface area contributed by atoms with Crippen LogP contribution in [-0.4, -0.2) is 11.7 Å². The fourth-order valence-electron chi connectivity index (χ4n) is 2.67. The highest BCUT2D eigenvalue weighted by atomic mass is 16.5. The monoisotopic (exact) mass is 318 g/mol. The number of allylic oxidation sites excluding steroid dienone is 1. The average Bonchev–Trinajstić information content (AvgIpc) is 2.59. The normalized spacial score (nSPS) is 15.7. The van der Waals surface area contributed by atoms with Crippen LogP contribution in [0.2, 0.25) is 0 Å². The van der Waals surface area contributed by atoms with Gasteiger partial charge in [-0.3, -0.25) is 0 Å². The van der Waals surface area contributed by atoms with E-state index < -0.39 is 0 Å². The van der Waals surface area contributed by atoms with Gasteiger partial charge in [-0.05, 0) is 23.8 Å². The number of aromatic hydroxyl groups is 1. The first-order valence-corrected chi connectivity index (χ1v) is 7.20. The van der Waals surface area contributed by atoms with E-state index in [1.54, 1.807) is 24.3 Å². The number of nitrogens with two attached hydrogens (primary N) is 1. The Labute approximate surface area is 139 Å². The van der Waals surface area contributed by atoms with Crippen molar-refractivity contribution in [3.8, 4) is 35.7 Å². The Kier molecular flexibility index (Phi) is 4.01. The summed E-state index contributed by atoms with van der Waals surface area (Å²) in [5, 5.41) is 19.1. The van der Waals surface area contributed by atoms with Crippen LogP contribution in [0.15, 0.2) is 53.9 Å². The molecule has 1 aliphatic heterocycles. The minimum Gasteiger partial charge on any atom is -0.508 e. The quantitative estimate of drug-likeness (QED) is 0.849.